The van der Waals surface area contributed by atoms with Crippen molar-refractivity contribution in [2.75, 3.05) is 12.4 Å². The monoisotopic (exact) mass is 377 g/mol. The van der Waals surface area contributed by atoms with Gasteiger partial charge in [0.1, 0.15) is 6.07 Å². The summed E-state index contributed by atoms with van der Waals surface area (Å²) in [6, 6.07) is 9.39. The lowest BCUT2D eigenvalue weighted by atomic mass is 10.1. The fourth-order valence-corrected chi connectivity index (χ4v) is 3.47. The van der Waals surface area contributed by atoms with E-state index in [4.69, 9.17) is 16.9 Å². The molecule has 0 saturated heterocycles. The number of halogens is 1. The molecule has 0 fully saturated rings. The number of carbonyl (C=O) groups is 1. The number of hydrogen-bond donors (Lipinski definition) is 2. The van der Waals surface area contributed by atoms with Gasteiger partial charge in [-0.15, -0.1) is 0 Å². The third-order valence-electron chi connectivity index (χ3n) is 3.78. The first kappa shape index (κ1) is 18.9. The molecule has 130 valence electrons. The number of sulfonamides is 1. The SMILES string of the molecule is CNS(=O)(=O)c1cc(C(=O)Nc2ccc(Cl)c(C#N)c2)cc(C)c1C. The van der Waals surface area contributed by atoms with Gasteiger partial charge in [-0.05, 0) is 62.4 Å². The van der Waals surface area contributed by atoms with Crippen molar-refractivity contribution in [2.45, 2.75) is 18.7 Å². The van der Waals surface area contributed by atoms with E-state index in [2.05, 4.69) is 10.0 Å². The van der Waals surface area contributed by atoms with E-state index in [-0.39, 0.29) is 21.0 Å². The average molecular weight is 378 g/mol. The van der Waals surface area contributed by atoms with E-state index >= 15 is 0 Å². The van der Waals surface area contributed by atoms with E-state index in [0.717, 1.165) is 0 Å². The number of rotatable bonds is 4. The van der Waals surface area contributed by atoms with Gasteiger partial charge in [0.05, 0.1) is 15.5 Å². The number of aryl methyl sites for hydroxylation is 1. The fourth-order valence-electron chi connectivity index (χ4n) is 2.24. The van der Waals surface area contributed by atoms with Crippen molar-refractivity contribution in [2.24, 2.45) is 0 Å². The van der Waals surface area contributed by atoms with Crippen molar-refractivity contribution in [3.05, 3.63) is 57.6 Å². The first-order valence-electron chi connectivity index (χ1n) is 7.25. The van der Waals surface area contributed by atoms with Crippen LogP contribution in [-0.4, -0.2) is 21.4 Å². The summed E-state index contributed by atoms with van der Waals surface area (Å²) in [6.45, 7) is 3.41. The summed E-state index contributed by atoms with van der Waals surface area (Å²) in [5.74, 6) is -0.484. The number of hydrogen-bond acceptors (Lipinski definition) is 4. The van der Waals surface area contributed by atoms with Crippen molar-refractivity contribution >= 4 is 33.2 Å². The summed E-state index contributed by atoms with van der Waals surface area (Å²) >= 11 is 5.87. The third kappa shape index (κ3) is 3.99. The van der Waals surface area contributed by atoms with E-state index in [0.29, 0.717) is 16.8 Å². The summed E-state index contributed by atoms with van der Waals surface area (Å²) in [5, 5.41) is 11.9. The molecule has 2 aromatic rings. The van der Waals surface area contributed by atoms with Gasteiger partial charge < -0.3 is 5.32 Å². The van der Waals surface area contributed by atoms with Gasteiger partial charge in [-0.2, -0.15) is 5.26 Å². The van der Waals surface area contributed by atoms with Crippen LogP contribution in [0.15, 0.2) is 35.2 Å². The Labute approximate surface area is 151 Å². The molecule has 0 bridgehead atoms. The van der Waals surface area contributed by atoms with Crippen LogP contribution in [0.2, 0.25) is 5.02 Å². The smallest absolute Gasteiger partial charge is 0.255 e. The van der Waals surface area contributed by atoms with Gasteiger partial charge in [0.15, 0.2) is 0 Å². The Morgan fingerprint density at radius 1 is 1.20 bits per heavy atom. The zero-order valence-corrected chi connectivity index (χ0v) is 15.4. The fraction of sp³-hybridized carbons (Fsp3) is 0.176. The second-order valence-electron chi connectivity index (χ2n) is 5.38. The molecule has 0 aliphatic carbocycles. The van der Waals surface area contributed by atoms with Crippen LogP contribution in [0.25, 0.3) is 0 Å². The normalized spacial score (nSPS) is 11.0. The molecule has 0 radical (unpaired) electrons. The minimum atomic E-state index is -3.69. The van der Waals surface area contributed by atoms with Crippen molar-refractivity contribution in [3.63, 3.8) is 0 Å². The van der Waals surface area contributed by atoms with E-state index in [1.54, 1.807) is 26.0 Å². The minimum Gasteiger partial charge on any atom is -0.322 e. The summed E-state index contributed by atoms with van der Waals surface area (Å²) in [4.78, 5) is 12.5. The van der Waals surface area contributed by atoms with E-state index in [1.165, 1.54) is 25.2 Å². The summed E-state index contributed by atoms with van der Waals surface area (Å²) < 4.78 is 26.5. The Kier molecular flexibility index (Phi) is 5.48. The number of nitriles is 1. The van der Waals surface area contributed by atoms with Crippen LogP contribution >= 0.6 is 11.6 Å². The second kappa shape index (κ2) is 7.23. The van der Waals surface area contributed by atoms with Crippen LogP contribution < -0.4 is 10.0 Å². The first-order chi connectivity index (χ1) is 11.7. The zero-order chi connectivity index (χ0) is 18.8. The number of amides is 1. The lowest BCUT2D eigenvalue weighted by Gasteiger charge is -2.12. The largest absolute Gasteiger partial charge is 0.322 e. The van der Waals surface area contributed by atoms with Crippen molar-refractivity contribution in [1.29, 1.82) is 5.26 Å². The molecule has 2 aromatic carbocycles. The van der Waals surface area contributed by atoms with Crippen LogP contribution in [0.1, 0.15) is 27.0 Å². The highest BCUT2D eigenvalue weighted by Gasteiger charge is 2.19. The summed E-state index contributed by atoms with van der Waals surface area (Å²) in [7, 11) is -2.37. The lowest BCUT2D eigenvalue weighted by molar-refractivity contribution is 0.102. The predicted molar refractivity (Wildman–Crippen MR) is 96.3 cm³/mol. The van der Waals surface area contributed by atoms with Crippen molar-refractivity contribution in [1.82, 2.24) is 4.72 Å². The minimum absolute atomic E-state index is 0.0500. The molecule has 0 saturated carbocycles. The molecule has 0 aliphatic heterocycles. The Morgan fingerprint density at radius 3 is 2.48 bits per heavy atom. The van der Waals surface area contributed by atoms with Gasteiger partial charge in [-0.3, -0.25) is 4.79 Å². The van der Waals surface area contributed by atoms with Crippen LogP contribution in [0, 0.1) is 25.2 Å². The number of carbonyl (C=O) groups excluding carboxylic acids is 1. The van der Waals surface area contributed by atoms with Crippen LogP contribution in [-0.2, 0) is 10.0 Å². The maximum Gasteiger partial charge on any atom is 0.255 e. The van der Waals surface area contributed by atoms with E-state index in [9.17, 15) is 13.2 Å². The van der Waals surface area contributed by atoms with Gasteiger partial charge in [0.2, 0.25) is 10.0 Å². The summed E-state index contributed by atoms with van der Waals surface area (Å²) in [6.07, 6.45) is 0. The van der Waals surface area contributed by atoms with Crippen molar-refractivity contribution in [3.8, 4) is 6.07 Å². The maximum atomic E-state index is 12.5. The molecule has 0 aromatic heterocycles. The standard InChI is InChI=1S/C17H16ClN3O3S/c1-10-6-12(8-16(11(10)2)25(23,24)20-3)17(22)21-14-4-5-15(18)13(7-14)9-19/h4-8,20H,1-3H3,(H,21,22). The first-order valence-corrected chi connectivity index (χ1v) is 9.11. The third-order valence-corrected chi connectivity index (χ3v) is 5.65. The molecule has 2 rings (SSSR count). The van der Waals surface area contributed by atoms with E-state index in [1.807, 2.05) is 6.07 Å². The molecule has 0 unspecified atom stereocenters. The van der Waals surface area contributed by atoms with Gasteiger partial charge >= 0.3 is 0 Å². The van der Waals surface area contributed by atoms with Crippen LogP contribution in [0.5, 0.6) is 0 Å². The number of nitrogens with one attached hydrogen (secondary N) is 2. The molecular formula is C17H16ClN3O3S. The Balaban J connectivity index is 2.42. The van der Waals surface area contributed by atoms with Gasteiger partial charge in [0, 0.05) is 11.3 Å². The highest BCUT2D eigenvalue weighted by Crippen LogP contribution is 2.23. The molecule has 0 spiro atoms. The second-order valence-corrected chi connectivity index (χ2v) is 7.65. The predicted octanol–water partition coefficient (Wildman–Crippen LogP) is 2.99. The molecule has 2 N–H and O–H groups in total. The van der Waals surface area contributed by atoms with Gasteiger partial charge in [-0.25, -0.2) is 13.1 Å². The number of benzene rings is 2. The van der Waals surface area contributed by atoms with E-state index < -0.39 is 15.9 Å². The van der Waals surface area contributed by atoms with Crippen LogP contribution in [0.3, 0.4) is 0 Å². The Morgan fingerprint density at radius 2 is 1.88 bits per heavy atom. The molecule has 25 heavy (non-hydrogen) atoms. The van der Waals surface area contributed by atoms with Gasteiger partial charge in [0.25, 0.3) is 5.91 Å². The molecular weight excluding hydrogens is 362 g/mol. The Hall–Kier alpha value is -2.40. The molecule has 0 aliphatic rings. The maximum absolute atomic E-state index is 12.5. The average Bonchev–Trinajstić information content (AvgIpc) is 2.58. The Bertz CT molecular complexity index is 995. The molecule has 0 heterocycles. The quantitative estimate of drug-likeness (QED) is 0.855. The lowest BCUT2D eigenvalue weighted by Crippen LogP contribution is -2.21. The highest BCUT2D eigenvalue weighted by molar-refractivity contribution is 7.89. The highest BCUT2D eigenvalue weighted by atomic mass is 35.5. The van der Waals surface area contributed by atoms with Crippen molar-refractivity contribution < 1.29 is 13.2 Å². The summed E-state index contributed by atoms with van der Waals surface area (Å²) in [5.41, 5.74) is 2.07. The number of anilines is 1. The topological polar surface area (TPSA) is 99.1 Å². The molecule has 8 heteroatoms. The molecule has 0 atom stereocenters. The van der Waals surface area contributed by atoms with Gasteiger partial charge in [-0.1, -0.05) is 11.6 Å². The zero-order valence-electron chi connectivity index (χ0n) is 13.8. The number of nitrogens with zero attached hydrogens (tertiary/aromatic N) is 1. The molecule has 6 nitrogen and oxygen atoms in total. The molecule has 1 amide bonds. The van der Waals surface area contributed by atoms with Crippen LogP contribution in [0.4, 0.5) is 5.69 Å².